The van der Waals surface area contributed by atoms with Gasteiger partial charge in [0.2, 0.25) is 0 Å². The van der Waals surface area contributed by atoms with Gasteiger partial charge in [0.15, 0.2) is 0 Å². The molecule has 0 aliphatic carbocycles. The molecule has 0 heterocycles. The minimum atomic E-state index is -5.24. The van der Waals surface area contributed by atoms with E-state index in [4.69, 9.17) is 4.89 Å². The standard InChI is InChI=1S/C7H6FO4P/c8-13(10,11)12-7(9)6-4-2-1-3-5-6/h1-5H,(H,10,11). The third-order valence-corrected chi connectivity index (χ3v) is 1.60. The van der Waals surface area contributed by atoms with Crippen molar-refractivity contribution < 1.29 is 23.0 Å². The molecule has 6 heteroatoms. The molecule has 0 saturated heterocycles. The molecule has 0 saturated carbocycles. The van der Waals surface area contributed by atoms with Crippen molar-refractivity contribution in [3.63, 3.8) is 0 Å². The van der Waals surface area contributed by atoms with Crippen LogP contribution in [0.2, 0.25) is 0 Å². The highest BCUT2D eigenvalue weighted by Crippen LogP contribution is 2.43. The zero-order chi connectivity index (χ0) is 9.90. The Morgan fingerprint density at radius 2 is 1.92 bits per heavy atom. The first-order chi connectivity index (χ1) is 5.99. The van der Waals surface area contributed by atoms with Crippen LogP contribution >= 0.6 is 7.91 Å². The quantitative estimate of drug-likeness (QED) is 0.747. The minimum absolute atomic E-state index is 0.0226. The van der Waals surface area contributed by atoms with E-state index in [1.165, 1.54) is 24.3 Å². The molecule has 1 aromatic carbocycles. The molecular formula is C7H6FO4P. The lowest BCUT2D eigenvalue weighted by atomic mass is 10.2. The normalized spacial score (nSPS) is 14.6. The predicted octanol–water partition coefficient (Wildman–Crippen LogP) is 1.91. The molecule has 1 aromatic rings. The molecule has 13 heavy (non-hydrogen) atoms. The lowest BCUT2D eigenvalue weighted by Gasteiger charge is -2.02. The van der Waals surface area contributed by atoms with Crippen LogP contribution in [0, 0.1) is 0 Å². The van der Waals surface area contributed by atoms with Crippen molar-refractivity contribution in [2.75, 3.05) is 0 Å². The Kier molecular flexibility index (Phi) is 2.80. The summed E-state index contributed by atoms with van der Waals surface area (Å²) in [5, 5.41) is 0. The van der Waals surface area contributed by atoms with Crippen molar-refractivity contribution in [3.05, 3.63) is 35.9 Å². The van der Waals surface area contributed by atoms with Crippen molar-refractivity contribution >= 4 is 13.9 Å². The van der Waals surface area contributed by atoms with Gasteiger partial charge in [0.1, 0.15) is 0 Å². The van der Waals surface area contributed by atoms with Crippen molar-refractivity contribution in [1.82, 2.24) is 0 Å². The van der Waals surface area contributed by atoms with E-state index in [1.807, 2.05) is 0 Å². The SMILES string of the molecule is O=C(OP(=O)(O)F)c1ccccc1. The van der Waals surface area contributed by atoms with Gasteiger partial charge in [0, 0.05) is 0 Å². The Labute approximate surface area is 73.6 Å². The second kappa shape index (κ2) is 3.68. The van der Waals surface area contributed by atoms with Gasteiger partial charge in [-0.1, -0.05) is 18.2 Å². The first kappa shape index (κ1) is 9.89. The fourth-order valence-electron chi connectivity index (χ4n) is 0.729. The van der Waals surface area contributed by atoms with Crippen LogP contribution in [0.3, 0.4) is 0 Å². The fourth-order valence-corrected chi connectivity index (χ4v) is 1.04. The largest absolute Gasteiger partial charge is 0.569 e. The third kappa shape index (κ3) is 3.36. The molecule has 0 radical (unpaired) electrons. The summed E-state index contributed by atoms with van der Waals surface area (Å²) in [5.41, 5.74) is 0.0226. The first-order valence-electron chi connectivity index (χ1n) is 3.30. The van der Waals surface area contributed by atoms with Gasteiger partial charge < -0.3 is 4.52 Å². The molecule has 0 aromatic heterocycles. The van der Waals surface area contributed by atoms with Gasteiger partial charge in [-0.15, -0.1) is 4.20 Å². The number of carbonyl (C=O) groups is 1. The van der Waals surface area contributed by atoms with Gasteiger partial charge in [0.05, 0.1) is 5.56 Å². The van der Waals surface area contributed by atoms with E-state index in [-0.39, 0.29) is 5.56 Å². The van der Waals surface area contributed by atoms with Gasteiger partial charge >= 0.3 is 13.9 Å². The Hall–Kier alpha value is -1.19. The van der Waals surface area contributed by atoms with Gasteiger partial charge in [-0.3, -0.25) is 4.89 Å². The van der Waals surface area contributed by atoms with E-state index >= 15 is 0 Å². The van der Waals surface area contributed by atoms with Crippen LogP contribution in [0.15, 0.2) is 30.3 Å². The number of hydrogen-bond acceptors (Lipinski definition) is 3. The number of halogens is 1. The van der Waals surface area contributed by atoms with Crippen LogP contribution < -0.4 is 0 Å². The zero-order valence-electron chi connectivity index (χ0n) is 6.38. The molecule has 1 rings (SSSR count). The molecule has 0 aliphatic rings. The monoisotopic (exact) mass is 204 g/mol. The van der Waals surface area contributed by atoms with Crippen LogP contribution in [-0.4, -0.2) is 10.9 Å². The second-order valence-corrected chi connectivity index (χ2v) is 3.28. The summed E-state index contributed by atoms with van der Waals surface area (Å²) in [6.45, 7) is 0. The summed E-state index contributed by atoms with van der Waals surface area (Å²) < 4.78 is 25.7. The van der Waals surface area contributed by atoms with E-state index < -0.39 is 13.9 Å². The van der Waals surface area contributed by atoms with Crippen LogP contribution in [0.25, 0.3) is 0 Å². The molecule has 1 N–H and O–H groups in total. The molecule has 1 atom stereocenters. The first-order valence-corrected chi connectivity index (χ1v) is 4.77. The van der Waals surface area contributed by atoms with Crippen molar-refractivity contribution in [1.29, 1.82) is 0 Å². The third-order valence-electron chi connectivity index (χ3n) is 1.20. The number of carbonyl (C=O) groups excluding carboxylic acids is 1. The average molecular weight is 204 g/mol. The Morgan fingerprint density at radius 3 is 2.38 bits per heavy atom. The van der Waals surface area contributed by atoms with Crippen molar-refractivity contribution in [2.24, 2.45) is 0 Å². The summed E-state index contributed by atoms with van der Waals surface area (Å²) in [6.07, 6.45) is 0. The lowest BCUT2D eigenvalue weighted by Crippen LogP contribution is -2.00. The molecule has 4 nitrogen and oxygen atoms in total. The maximum atomic E-state index is 12.0. The topological polar surface area (TPSA) is 63.6 Å². The van der Waals surface area contributed by atoms with Crippen molar-refractivity contribution in [2.45, 2.75) is 0 Å². The average Bonchev–Trinajstić information content (AvgIpc) is 2.03. The summed E-state index contributed by atoms with van der Waals surface area (Å²) in [6, 6.07) is 7.38. The summed E-state index contributed by atoms with van der Waals surface area (Å²) in [4.78, 5) is 19.0. The highest BCUT2D eigenvalue weighted by Gasteiger charge is 2.23. The molecule has 70 valence electrons. The van der Waals surface area contributed by atoms with Crippen LogP contribution in [-0.2, 0) is 9.09 Å². The maximum absolute atomic E-state index is 12.0. The van der Waals surface area contributed by atoms with Crippen LogP contribution in [0.5, 0.6) is 0 Å². The van der Waals surface area contributed by atoms with E-state index in [9.17, 15) is 13.6 Å². The summed E-state index contributed by atoms with van der Waals surface area (Å²) in [5.74, 6) is -1.16. The van der Waals surface area contributed by atoms with E-state index in [2.05, 4.69) is 4.52 Å². The highest BCUT2D eigenvalue weighted by atomic mass is 31.2. The van der Waals surface area contributed by atoms with E-state index in [0.717, 1.165) is 0 Å². The minimum Gasteiger partial charge on any atom is -0.364 e. The van der Waals surface area contributed by atoms with Crippen LogP contribution in [0.4, 0.5) is 4.20 Å². The Morgan fingerprint density at radius 1 is 1.38 bits per heavy atom. The number of hydrogen-bond donors (Lipinski definition) is 1. The van der Waals surface area contributed by atoms with E-state index in [0.29, 0.717) is 0 Å². The van der Waals surface area contributed by atoms with Gasteiger partial charge in [-0.05, 0) is 12.1 Å². The lowest BCUT2D eigenvalue weighted by molar-refractivity contribution is 0.0697. The smallest absolute Gasteiger partial charge is 0.364 e. The predicted molar refractivity (Wildman–Crippen MR) is 42.8 cm³/mol. The summed E-state index contributed by atoms with van der Waals surface area (Å²) in [7, 11) is -5.24. The van der Waals surface area contributed by atoms with Crippen LogP contribution in [0.1, 0.15) is 10.4 Å². The molecule has 0 fully saturated rings. The zero-order valence-corrected chi connectivity index (χ0v) is 7.28. The molecule has 0 bridgehead atoms. The number of rotatable bonds is 2. The van der Waals surface area contributed by atoms with Crippen molar-refractivity contribution in [3.8, 4) is 0 Å². The van der Waals surface area contributed by atoms with Gasteiger partial charge in [-0.25, -0.2) is 9.36 Å². The molecular weight excluding hydrogens is 198 g/mol. The maximum Gasteiger partial charge on any atom is 0.569 e. The second-order valence-electron chi connectivity index (χ2n) is 2.20. The highest BCUT2D eigenvalue weighted by molar-refractivity contribution is 7.47. The van der Waals surface area contributed by atoms with E-state index in [1.54, 1.807) is 6.07 Å². The summed E-state index contributed by atoms with van der Waals surface area (Å²) >= 11 is 0. The Bertz CT molecular complexity index is 345. The van der Waals surface area contributed by atoms with Gasteiger partial charge in [0.25, 0.3) is 0 Å². The molecule has 0 spiro atoms. The fraction of sp³-hybridized carbons (Fsp3) is 0. The molecule has 0 amide bonds. The molecule has 0 aliphatic heterocycles. The molecule has 1 unspecified atom stereocenters. The Balaban J connectivity index is 2.76. The van der Waals surface area contributed by atoms with Gasteiger partial charge in [-0.2, -0.15) is 0 Å². The number of benzene rings is 1.